The van der Waals surface area contributed by atoms with Crippen LogP contribution in [0.3, 0.4) is 0 Å². The molecule has 2 amide bonds. The minimum atomic E-state index is -1.01. The van der Waals surface area contributed by atoms with Crippen LogP contribution >= 0.6 is 0 Å². The molecule has 1 saturated heterocycles. The normalized spacial score (nSPS) is 31.2. The number of benzene rings is 2. The molecule has 7 atom stereocenters. The van der Waals surface area contributed by atoms with E-state index in [1.165, 1.54) is 17.9 Å². The van der Waals surface area contributed by atoms with Gasteiger partial charge in [0.1, 0.15) is 0 Å². The Bertz CT molecular complexity index is 1230. The summed E-state index contributed by atoms with van der Waals surface area (Å²) in [6.07, 6.45) is 4.31. The number of hydrogen-bond donors (Lipinski definition) is 0. The first-order chi connectivity index (χ1) is 16.4. The SMILES string of the molecule is Cc1ccc(C(=O)[C@H](C)OC(=O)c2ccccc2N2C(=O)[C@@H]3[C@H]4C=C[C@@H]([C@@H]5C[C@@H]45)[C@H]3C2=O)cc1. The summed E-state index contributed by atoms with van der Waals surface area (Å²) < 4.78 is 5.50. The van der Waals surface area contributed by atoms with Gasteiger partial charge in [-0.1, -0.05) is 54.1 Å². The zero-order chi connectivity index (χ0) is 23.7. The molecule has 1 aliphatic heterocycles. The molecule has 0 radical (unpaired) electrons. The van der Waals surface area contributed by atoms with Gasteiger partial charge in [0.25, 0.3) is 0 Å². The number of Topliss-reactive ketones (excluding diaryl/α,β-unsaturated/α-hetero) is 1. The molecular formula is C28H25NO5. The Morgan fingerprint density at radius 1 is 0.912 bits per heavy atom. The van der Waals surface area contributed by atoms with Crippen LogP contribution < -0.4 is 4.90 Å². The molecule has 0 aromatic heterocycles. The lowest BCUT2D eigenvalue weighted by atomic mass is 9.63. The average Bonchev–Trinajstić information content (AvgIpc) is 3.62. The summed E-state index contributed by atoms with van der Waals surface area (Å²) >= 11 is 0. The van der Waals surface area contributed by atoms with Crippen LogP contribution in [0, 0.1) is 42.4 Å². The number of para-hydroxylation sites is 1. The first kappa shape index (κ1) is 21.0. The van der Waals surface area contributed by atoms with Gasteiger partial charge in [0.05, 0.1) is 23.1 Å². The van der Waals surface area contributed by atoms with Gasteiger partial charge in [-0.25, -0.2) is 9.69 Å². The van der Waals surface area contributed by atoms with Crippen LogP contribution in [0.15, 0.2) is 60.7 Å². The largest absolute Gasteiger partial charge is 0.451 e. The molecule has 0 unspecified atom stereocenters. The Hall–Kier alpha value is -3.54. The second kappa shape index (κ2) is 7.49. The fourth-order valence-corrected chi connectivity index (χ4v) is 6.27. The van der Waals surface area contributed by atoms with Crippen molar-refractivity contribution in [2.45, 2.75) is 26.4 Å². The number of hydrogen-bond acceptors (Lipinski definition) is 5. The summed E-state index contributed by atoms with van der Waals surface area (Å²) in [7, 11) is 0. The Morgan fingerprint density at radius 2 is 1.50 bits per heavy atom. The molecule has 2 bridgehead atoms. The van der Waals surface area contributed by atoms with E-state index in [0.29, 0.717) is 17.4 Å². The van der Waals surface area contributed by atoms with E-state index in [1.54, 1.807) is 30.3 Å². The topological polar surface area (TPSA) is 80.8 Å². The third-order valence-corrected chi connectivity index (χ3v) is 8.02. The number of rotatable bonds is 5. The first-order valence-corrected chi connectivity index (χ1v) is 11.8. The van der Waals surface area contributed by atoms with Crippen LogP contribution in [-0.4, -0.2) is 29.7 Å². The molecule has 3 fully saturated rings. The second-order valence-electron chi connectivity index (χ2n) is 9.96. The van der Waals surface area contributed by atoms with E-state index in [2.05, 4.69) is 12.2 Å². The van der Waals surface area contributed by atoms with Crippen LogP contribution in [0.25, 0.3) is 0 Å². The molecule has 2 aromatic carbocycles. The van der Waals surface area contributed by atoms with Crippen LogP contribution in [-0.2, 0) is 14.3 Å². The van der Waals surface area contributed by atoms with Crippen LogP contribution in [0.1, 0.15) is 39.6 Å². The molecule has 2 saturated carbocycles. The quantitative estimate of drug-likeness (QED) is 0.295. The van der Waals surface area contributed by atoms with E-state index in [9.17, 15) is 19.2 Å². The maximum absolute atomic E-state index is 13.5. The van der Waals surface area contributed by atoms with Gasteiger partial charge in [-0.3, -0.25) is 14.4 Å². The van der Waals surface area contributed by atoms with E-state index in [1.807, 2.05) is 19.1 Å². The minimum Gasteiger partial charge on any atom is -0.451 e. The smallest absolute Gasteiger partial charge is 0.340 e. The highest BCUT2D eigenvalue weighted by Gasteiger charge is 2.67. The van der Waals surface area contributed by atoms with Crippen LogP contribution in [0.2, 0.25) is 0 Å². The molecule has 34 heavy (non-hydrogen) atoms. The number of carbonyl (C=O) groups is 4. The lowest BCUT2D eigenvalue weighted by Crippen LogP contribution is -2.40. The zero-order valence-electron chi connectivity index (χ0n) is 19.0. The molecule has 7 rings (SSSR count). The van der Waals surface area contributed by atoms with E-state index < -0.39 is 12.1 Å². The monoisotopic (exact) mass is 455 g/mol. The van der Waals surface area contributed by atoms with Crippen molar-refractivity contribution in [3.05, 3.63) is 77.4 Å². The second-order valence-corrected chi connectivity index (χ2v) is 9.96. The third-order valence-electron chi connectivity index (χ3n) is 8.02. The number of esters is 1. The Morgan fingerprint density at radius 3 is 2.12 bits per heavy atom. The van der Waals surface area contributed by atoms with E-state index in [4.69, 9.17) is 4.74 Å². The number of imide groups is 1. The van der Waals surface area contributed by atoms with Crippen molar-refractivity contribution in [2.75, 3.05) is 4.90 Å². The number of nitrogens with zero attached hydrogens (tertiary/aromatic N) is 1. The average molecular weight is 456 g/mol. The highest BCUT2D eigenvalue weighted by atomic mass is 16.5. The number of aryl methyl sites for hydroxylation is 1. The van der Waals surface area contributed by atoms with Gasteiger partial charge < -0.3 is 4.74 Å². The minimum absolute atomic E-state index is 0.104. The summed E-state index contributed by atoms with van der Waals surface area (Å²) in [5.41, 5.74) is 1.82. The number of allylic oxidation sites excluding steroid dienone is 2. The number of ether oxygens (including phenoxy) is 1. The molecule has 6 nitrogen and oxygen atoms in total. The number of amides is 2. The van der Waals surface area contributed by atoms with Crippen molar-refractivity contribution in [2.24, 2.45) is 35.5 Å². The molecule has 0 N–H and O–H groups in total. The van der Waals surface area contributed by atoms with Crippen LogP contribution in [0.5, 0.6) is 0 Å². The maximum atomic E-state index is 13.5. The lowest BCUT2D eigenvalue weighted by Gasteiger charge is -2.37. The van der Waals surface area contributed by atoms with Crippen LogP contribution in [0.4, 0.5) is 5.69 Å². The maximum Gasteiger partial charge on any atom is 0.340 e. The molecular weight excluding hydrogens is 430 g/mol. The first-order valence-electron chi connectivity index (χ1n) is 11.8. The van der Waals surface area contributed by atoms with Gasteiger partial charge >= 0.3 is 5.97 Å². The van der Waals surface area contributed by atoms with E-state index >= 15 is 0 Å². The standard InChI is InChI=1S/C28H25NO5/c1-14-7-9-16(10-8-14)25(30)15(2)34-28(33)19-5-3-4-6-22(19)29-26(31)23-17-11-12-18(21-13-20(17)21)24(23)27(29)32/h3-12,15,17-18,20-21,23-24H,13H2,1-2H3/t15-,17-,18-,20-,21-,23+,24+/m0/s1. The number of ketones is 1. The van der Waals surface area contributed by atoms with Crippen molar-refractivity contribution in [3.8, 4) is 0 Å². The van der Waals surface area contributed by atoms with Crippen molar-refractivity contribution in [1.82, 2.24) is 0 Å². The molecule has 5 aliphatic rings. The highest BCUT2D eigenvalue weighted by molar-refractivity contribution is 6.24. The Kier molecular flexibility index (Phi) is 4.63. The molecule has 172 valence electrons. The Balaban J connectivity index is 1.26. The predicted octanol–water partition coefficient (Wildman–Crippen LogP) is 3.98. The Labute approximate surface area is 197 Å². The highest BCUT2D eigenvalue weighted by Crippen LogP contribution is 2.65. The van der Waals surface area contributed by atoms with Crippen molar-refractivity contribution >= 4 is 29.3 Å². The van der Waals surface area contributed by atoms with Gasteiger partial charge in [-0.05, 0) is 56.1 Å². The molecule has 0 spiro atoms. The number of carbonyl (C=O) groups excluding carboxylic acids is 4. The van der Waals surface area contributed by atoms with E-state index in [-0.39, 0.29) is 52.5 Å². The van der Waals surface area contributed by atoms with Gasteiger partial charge in [0.15, 0.2) is 6.10 Å². The summed E-state index contributed by atoms with van der Waals surface area (Å²) in [5, 5.41) is 0. The summed E-state index contributed by atoms with van der Waals surface area (Å²) in [5.74, 6) is -0.999. The van der Waals surface area contributed by atoms with Gasteiger partial charge in [0.2, 0.25) is 17.6 Å². The summed E-state index contributed by atoms with van der Waals surface area (Å²) in [6.45, 7) is 3.45. The summed E-state index contributed by atoms with van der Waals surface area (Å²) in [6, 6.07) is 13.5. The van der Waals surface area contributed by atoms with Crippen molar-refractivity contribution in [1.29, 1.82) is 0 Å². The fraction of sp³-hybridized carbons (Fsp3) is 0.357. The zero-order valence-corrected chi connectivity index (χ0v) is 19.0. The fourth-order valence-electron chi connectivity index (χ4n) is 6.27. The van der Waals surface area contributed by atoms with Gasteiger partial charge in [0, 0.05) is 5.56 Å². The lowest BCUT2D eigenvalue weighted by molar-refractivity contribution is -0.124. The number of anilines is 1. The molecule has 1 heterocycles. The predicted molar refractivity (Wildman–Crippen MR) is 124 cm³/mol. The third kappa shape index (κ3) is 3.01. The molecule has 6 heteroatoms. The molecule has 2 aromatic rings. The van der Waals surface area contributed by atoms with Gasteiger partial charge in [-0.15, -0.1) is 0 Å². The molecule has 4 aliphatic carbocycles. The van der Waals surface area contributed by atoms with E-state index in [0.717, 1.165) is 12.0 Å². The summed E-state index contributed by atoms with van der Waals surface area (Å²) in [4.78, 5) is 54.0. The van der Waals surface area contributed by atoms with Crippen molar-refractivity contribution < 1.29 is 23.9 Å². The van der Waals surface area contributed by atoms with Crippen molar-refractivity contribution in [3.63, 3.8) is 0 Å². The van der Waals surface area contributed by atoms with Gasteiger partial charge in [-0.2, -0.15) is 0 Å².